The van der Waals surface area contributed by atoms with Gasteiger partial charge in [-0.1, -0.05) is 40.2 Å². The van der Waals surface area contributed by atoms with Crippen LogP contribution < -0.4 is 5.32 Å². The second kappa shape index (κ2) is 5.25. The highest BCUT2D eigenvalue weighted by molar-refractivity contribution is 9.10. The summed E-state index contributed by atoms with van der Waals surface area (Å²) >= 11 is 3.59. The maximum Gasteiger partial charge on any atom is 0.152 e. The molecule has 1 heterocycles. The molecule has 0 radical (unpaired) electrons. The number of nitrogens with zero attached hydrogens (tertiary/aromatic N) is 3. The van der Waals surface area contributed by atoms with Crippen LogP contribution in [0.5, 0.6) is 0 Å². The van der Waals surface area contributed by atoms with E-state index >= 15 is 0 Å². The maximum atomic E-state index is 4.17. The number of aromatic nitrogens is 3. The van der Waals surface area contributed by atoms with E-state index < -0.39 is 0 Å². The summed E-state index contributed by atoms with van der Waals surface area (Å²) in [5.41, 5.74) is 1.10. The Bertz CT molecular complexity index is 764. The van der Waals surface area contributed by atoms with Crippen molar-refractivity contribution >= 4 is 32.4 Å². The first-order chi connectivity index (χ1) is 9.66. The largest absolute Gasteiger partial charge is 0.377 e. The molecule has 0 atom stereocenters. The number of rotatable bonds is 3. The molecule has 0 aliphatic carbocycles. The van der Waals surface area contributed by atoms with Crippen molar-refractivity contribution in [3.05, 3.63) is 52.5 Å². The Balaban J connectivity index is 1.92. The fourth-order valence-corrected chi connectivity index (χ4v) is 2.67. The van der Waals surface area contributed by atoms with Crippen LogP contribution in [-0.4, -0.2) is 14.8 Å². The summed E-state index contributed by atoms with van der Waals surface area (Å²) in [7, 11) is 1.98. The highest BCUT2D eigenvalue weighted by Gasteiger charge is 2.07. The second-order valence-corrected chi connectivity index (χ2v) is 5.57. The van der Waals surface area contributed by atoms with Gasteiger partial charge in [0.25, 0.3) is 0 Å². The summed E-state index contributed by atoms with van der Waals surface area (Å²) in [5, 5.41) is 14.1. The van der Waals surface area contributed by atoms with E-state index in [1.807, 2.05) is 30.7 Å². The number of anilines is 1. The van der Waals surface area contributed by atoms with E-state index in [2.05, 4.69) is 55.7 Å². The summed E-state index contributed by atoms with van der Waals surface area (Å²) in [5.74, 6) is 1.84. The highest BCUT2D eigenvalue weighted by Crippen LogP contribution is 2.30. The normalized spacial score (nSPS) is 10.9. The predicted octanol–water partition coefficient (Wildman–Crippen LogP) is 3.65. The minimum absolute atomic E-state index is 0.656. The van der Waals surface area contributed by atoms with Gasteiger partial charge in [-0.15, -0.1) is 10.2 Å². The molecule has 0 bridgehead atoms. The molecule has 3 rings (SSSR count). The maximum absolute atomic E-state index is 4.17. The molecule has 5 heteroatoms. The monoisotopic (exact) mass is 330 g/mol. The Labute approximate surface area is 126 Å². The average Bonchev–Trinajstić information content (AvgIpc) is 2.79. The van der Waals surface area contributed by atoms with Crippen LogP contribution in [0.1, 0.15) is 11.6 Å². The van der Waals surface area contributed by atoms with Crippen LogP contribution in [-0.2, 0) is 13.6 Å². The number of benzene rings is 2. The van der Waals surface area contributed by atoms with Crippen molar-refractivity contribution in [1.82, 2.24) is 14.8 Å². The molecular weight excluding hydrogens is 316 g/mol. The van der Waals surface area contributed by atoms with Crippen LogP contribution in [0.15, 0.2) is 40.9 Å². The third kappa shape index (κ3) is 2.29. The fourth-order valence-electron chi connectivity index (χ4n) is 2.20. The molecule has 102 valence electrons. The van der Waals surface area contributed by atoms with Crippen molar-refractivity contribution in [2.45, 2.75) is 13.5 Å². The molecule has 1 aromatic heterocycles. The van der Waals surface area contributed by atoms with E-state index in [1.54, 1.807) is 0 Å². The first kappa shape index (κ1) is 13.1. The van der Waals surface area contributed by atoms with Gasteiger partial charge in [0.2, 0.25) is 0 Å². The number of halogens is 1. The number of hydrogen-bond acceptors (Lipinski definition) is 3. The third-order valence-corrected chi connectivity index (χ3v) is 4.18. The summed E-state index contributed by atoms with van der Waals surface area (Å²) in [4.78, 5) is 0. The van der Waals surface area contributed by atoms with E-state index in [-0.39, 0.29) is 0 Å². The lowest BCUT2D eigenvalue weighted by molar-refractivity contribution is 0.789. The van der Waals surface area contributed by atoms with Gasteiger partial charge in [-0.25, -0.2) is 0 Å². The minimum Gasteiger partial charge on any atom is -0.377 e. The summed E-state index contributed by atoms with van der Waals surface area (Å²) < 4.78 is 3.10. The molecule has 0 saturated heterocycles. The van der Waals surface area contributed by atoms with Gasteiger partial charge in [-0.2, -0.15) is 0 Å². The van der Waals surface area contributed by atoms with E-state index in [0.29, 0.717) is 6.54 Å². The van der Waals surface area contributed by atoms with Gasteiger partial charge in [0.05, 0.1) is 6.54 Å². The lowest BCUT2D eigenvalue weighted by Crippen LogP contribution is -2.07. The standard InChI is InChI=1S/C15H15BrN4/c1-10-18-19-15(20(10)2)9-17-14-8-7-13(16)11-5-3-4-6-12(11)14/h3-8,17H,9H2,1-2H3. The zero-order valence-corrected chi connectivity index (χ0v) is 13.0. The Hall–Kier alpha value is -1.88. The van der Waals surface area contributed by atoms with Gasteiger partial charge in [-0.05, 0) is 24.4 Å². The van der Waals surface area contributed by atoms with Crippen molar-refractivity contribution in [3.8, 4) is 0 Å². The van der Waals surface area contributed by atoms with E-state index in [9.17, 15) is 0 Å². The van der Waals surface area contributed by atoms with Crippen LogP contribution in [0.25, 0.3) is 10.8 Å². The van der Waals surface area contributed by atoms with Crippen molar-refractivity contribution in [2.75, 3.05) is 5.32 Å². The number of aryl methyl sites for hydroxylation is 1. The van der Waals surface area contributed by atoms with Crippen LogP contribution in [0.2, 0.25) is 0 Å². The van der Waals surface area contributed by atoms with Crippen LogP contribution in [0.4, 0.5) is 5.69 Å². The lowest BCUT2D eigenvalue weighted by Gasteiger charge is -2.10. The topological polar surface area (TPSA) is 42.7 Å². The van der Waals surface area contributed by atoms with Crippen LogP contribution >= 0.6 is 15.9 Å². The zero-order valence-electron chi connectivity index (χ0n) is 11.4. The molecule has 4 nitrogen and oxygen atoms in total. The molecular formula is C15H15BrN4. The van der Waals surface area contributed by atoms with Gasteiger partial charge < -0.3 is 9.88 Å². The molecule has 0 aliphatic rings. The third-order valence-electron chi connectivity index (χ3n) is 3.49. The average molecular weight is 331 g/mol. The molecule has 3 aromatic rings. The van der Waals surface area contributed by atoms with E-state index in [1.165, 1.54) is 10.8 Å². The number of fused-ring (bicyclic) bond motifs is 1. The lowest BCUT2D eigenvalue weighted by atomic mass is 10.1. The highest BCUT2D eigenvalue weighted by atomic mass is 79.9. The van der Waals surface area contributed by atoms with Gasteiger partial charge in [-0.3, -0.25) is 0 Å². The predicted molar refractivity (Wildman–Crippen MR) is 84.7 cm³/mol. The Morgan fingerprint density at radius 3 is 2.55 bits per heavy atom. The molecule has 1 N–H and O–H groups in total. The van der Waals surface area contributed by atoms with E-state index in [0.717, 1.165) is 21.8 Å². The fraction of sp³-hybridized carbons (Fsp3) is 0.200. The molecule has 2 aromatic carbocycles. The van der Waals surface area contributed by atoms with Gasteiger partial charge in [0.15, 0.2) is 5.82 Å². The van der Waals surface area contributed by atoms with Crippen molar-refractivity contribution in [1.29, 1.82) is 0 Å². The number of nitrogens with one attached hydrogen (secondary N) is 1. The van der Waals surface area contributed by atoms with Gasteiger partial charge in [0, 0.05) is 22.6 Å². The molecule has 0 unspecified atom stereocenters. The van der Waals surface area contributed by atoms with Crippen molar-refractivity contribution in [2.24, 2.45) is 7.05 Å². The minimum atomic E-state index is 0.656. The Kier molecular flexibility index (Phi) is 3.44. The molecule has 0 saturated carbocycles. The Morgan fingerprint density at radius 1 is 1.10 bits per heavy atom. The second-order valence-electron chi connectivity index (χ2n) is 4.72. The number of hydrogen-bond donors (Lipinski definition) is 1. The Morgan fingerprint density at radius 2 is 1.85 bits per heavy atom. The molecule has 0 amide bonds. The quantitative estimate of drug-likeness (QED) is 0.797. The summed E-state index contributed by atoms with van der Waals surface area (Å²) in [6.45, 7) is 2.61. The molecule has 0 aliphatic heterocycles. The first-order valence-corrected chi connectivity index (χ1v) is 7.22. The smallest absolute Gasteiger partial charge is 0.152 e. The zero-order chi connectivity index (χ0) is 14.1. The molecule has 0 spiro atoms. The molecule has 0 fully saturated rings. The van der Waals surface area contributed by atoms with Gasteiger partial charge in [0.1, 0.15) is 5.82 Å². The van der Waals surface area contributed by atoms with Gasteiger partial charge >= 0.3 is 0 Å². The summed E-state index contributed by atoms with van der Waals surface area (Å²) in [6.07, 6.45) is 0. The first-order valence-electron chi connectivity index (χ1n) is 6.43. The van der Waals surface area contributed by atoms with Crippen LogP contribution in [0, 0.1) is 6.92 Å². The van der Waals surface area contributed by atoms with Crippen molar-refractivity contribution in [3.63, 3.8) is 0 Å². The summed E-state index contributed by atoms with van der Waals surface area (Å²) in [6, 6.07) is 12.5. The van der Waals surface area contributed by atoms with Crippen molar-refractivity contribution < 1.29 is 0 Å². The molecule has 20 heavy (non-hydrogen) atoms. The SMILES string of the molecule is Cc1nnc(CNc2ccc(Br)c3ccccc23)n1C. The van der Waals surface area contributed by atoms with Crippen LogP contribution in [0.3, 0.4) is 0 Å². The van der Waals surface area contributed by atoms with E-state index in [4.69, 9.17) is 0 Å².